The fourth-order valence-electron chi connectivity index (χ4n) is 1.51. The van der Waals surface area contributed by atoms with Gasteiger partial charge in [0.15, 0.2) is 0 Å². The number of rotatable bonds is 3. The highest BCUT2D eigenvalue weighted by Gasteiger charge is 2.19. The Morgan fingerprint density at radius 3 is 2.50 bits per heavy atom. The number of benzene rings is 1. The Balaban J connectivity index is 2.08. The molecule has 0 spiro atoms. The SMILES string of the molecule is CC(C)(C)OC(=O)Nc1nc(-c2ccc([N+](=O)[O-])cc2)no1. The van der Waals surface area contributed by atoms with Crippen LogP contribution in [0.25, 0.3) is 11.4 Å². The number of anilines is 1. The van der Waals surface area contributed by atoms with Gasteiger partial charge in [0.2, 0.25) is 5.82 Å². The maximum atomic E-state index is 11.6. The number of amides is 1. The summed E-state index contributed by atoms with van der Waals surface area (Å²) in [5, 5.41) is 16.6. The highest BCUT2D eigenvalue weighted by molar-refractivity contribution is 5.82. The Bertz CT molecular complexity index is 687. The number of nitrogens with one attached hydrogen (secondary N) is 1. The average Bonchev–Trinajstić information content (AvgIpc) is 2.85. The molecule has 2 rings (SSSR count). The normalized spacial score (nSPS) is 11.0. The summed E-state index contributed by atoms with van der Waals surface area (Å²) in [5.41, 5.74) is -0.170. The molecule has 22 heavy (non-hydrogen) atoms. The lowest BCUT2D eigenvalue weighted by molar-refractivity contribution is -0.384. The minimum Gasteiger partial charge on any atom is -0.443 e. The Morgan fingerprint density at radius 2 is 1.95 bits per heavy atom. The number of nitrogens with zero attached hydrogens (tertiary/aromatic N) is 3. The highest BCUT2D eigenvalue weighted by Crippen LogP contribution is 2.21. The summed E-state index contributed by atoms with van der Waals surface area (Å²) >= 11 is 0. The van der Waals surface area contributed by atoms with E-state index in [1.165, 1.54) is 24.3 Å². The van der Waals surface area contributed by atoms with Crippen LogP contribution in [0.5, 0.6) is 0 Å². The second-order valence-corrected chi connectivity index (χ2v) is 5.35. The Kier molecular flexibility index (Phi) is 4.06. The first-order valence-electron chi connectivity index (χ1n) is 6.33. The van der Waals surface area contributed by atoms with E-state index in [0.717, 1.165) is 0 Å². The number of non-ortho nitro benzene ring substituents is 1. The van der Waals surface area contributed by atoms with Crippen molar-refractivity contribution in [3.05, 3.63) is 34.4 Å². The predicted octanol–water partition coefficient (Wildman–Crippen LogP) is 2.99. The molecule has 1 aromatic carbocycles. The van der Waals surface area contributed by atoms with Crippen molar-refractivity contribution >= 4 is 17.8 Å². The van der Waals surface area contributed by atoms with E-state index < -0.39 is 16.6 Å². The van der Waals surface area contributed by atoms with E-state index in [1.54, 1.807) is 20.8 Å². The number of ether oxygens (including phenoxy) is 1. The highest BCUT2D eigenvalue weighted by atomic mass is 16.6. The maximum absolute atomic E-state index is 11.6. The molecule has 0 saturated carbocycles. The molecule has 0 saturated heterocycles. The van der Waals surface area contributed by atoms with E-state index in [4.69, 9.17) is 9.26 Å². The van der Waals surface area contributed by atoms with Crippen molar-refractivity contribution in [1.82, 2.24) is 10.1 Å². The standard InChI is InChI=1S/C13H14N4O5/c1-13(2,3)21-12(18)15-11-14-10(16-22-11)8-4-6-9(7-5-8)17(19)20/h4-7H,1-3H3,(H,14,15,16,18). The fraction of sp³-hybridized carbons (Fsp3) is 0.308. The third-order valence-electron chi connectivity index (χ3n) is 2.37. The van der Waals surface area contributed by atoms with E-state index in [0.29, 0.717) is 5.56 Å². The van der Waals surface area contributed by atoms with Crippen LogP contribution in [0.1, 0.15) is 20.8 Å². The van der Waals surface area contributed by atoms with Crippen LogP contribution in [0.2, 0.25) is 0 Å². The number of nitro benzene ring substituents is 1. The lowest BCUT2D eigenvalue weighted by Crippen LogP contribution is -2.27. The summed E-state index contributed by atoms with van der Waals surface area (Å²) in [7, 11) is 0. The lowest BCUT2D eigenvalue weighted by Gasteiger charge is -2.18. The molecule has 2 aromatic rings. The van der Waals surface area contributed by atoms with Gasteiger partial charge in [0.25, 0.3) is 5.69 Å². The summed E-state index contributed by atoms with van der Waals surface area (Å²) in [4.78, 5) is 25.6. The zero-order valence-corrected chi connectivity index (χ0v) is 12.2. The summed E-state index contributed by atoms with van der Waals surface area (Å²) in [5.74, 6) is 0.195. The molecule has 1 amide bonds. The molecule has 1 aromatic heterocycles. The number of carbonyl (C=O) groups is 1. The Morgan fingerprint density at radius 1 is 1.32 bits per heavy atom. The van der Waals surface area contributed by atoms with E-state index in [1.807, 2.05) is 0 Å². The smallest absolute Gasteiger partial charge is 0.415 e. The first kappa shape index (κ1) is 15.4. The van der Waals surface area contributed by atoms with Crippen LogP contribution >= 0.6 is 0 Å². The van der Waals surface area contributed by atoms with Crippen LogP contribution < -0.4 is 5.32 Å². The second-order valence-electron chi connectivity index (χ2n) is 5.35. The van der Waals surface area contributed by atoms with Crippen molar-refractivity contribution in [2.75, 3.05) is 5.32 Å². The van der Waals surface area contributed by atoms with Gasteiger partial charge in [0, 0.05) is 17.7 Å². The minimum absolute atomic E-state index is 0.0423. The van der Waals surface area contributed by atoms with Gasteiger partial charge in [-0.05, 0) is 32.9 Å². The molecule has 0 unspecified atom stereocenters. The van der Waals surface area contributed by atoms with Gasteiger partial charge in [-0.1, -0.05) is 5.16 Å². The predicted molar refractivity (Wildman–Crippen MR) is 76.2 cm³/mol. The molecule has 1 heterocycles. The van der Waals surface area contributed by atoms with Crippen LogP contribution in [0.15, 0.2) is 28.8 Å². The van der Waals surface area contributed by atoms with Crippen LogP contribution in [0, 0.1) is 10.1 Å². The first-order chi connectivity index (χ1) is 10.2. The summed E-state index contributed by atoms with van der Waals surface area (Å²) in [6.45, 7) is 5.17. The van der Waals surface area contributed by atoms with Gasteiger partial charge in [-0.2, -0.15) is 4.98 Å². The van der Waals surface area contributed by atoms with E-state index in [-0.39, 0.29) is 17.5 Å². The monoisotopic (exact) mass is 306 g/mol. The van der Waals surface area contributed by atoms with Gasteiger partial charge < -0.3 is 9.26 Å². The van der Waals surface area contributed by atoms with Gasteiger partial charge in [-0.3, -0.25) is 10.1 Å². The molecule has 9 nitrogen and oxygen atoms in total. The molecule has 9 heteroatoms. The van der Waals surface area contributed by atoms with Crippen LogP contribution in [-0.2, 0) is 4.74 Å². The van der Waals surface area contributed by atoms with Crippen molar-refractivity contribution in [3.63, 3.8) is 0 Å². The molecule has 0 aliphatic rings. The largest absolute Gasteiger partial charge is 0.443 e. The number of nitro groups is 1. The van der Waals surface area contributed by atoms with E-state index >= 15 is 0 Å². The summed E-state index contributed by atoms with van der Waals surface area (Å²) in [6, 6.07) is 5.50. The molecule has 0 aliphatic carbocycles. The van der Waals surface area contributed by atoms with Gasteiger partial charge in [-0.15, -0.1) is 0 Å². The number of hydrogen-bond acceptors (Lipinski definition) is 7. The summed E-state index contributed by atoms with van der Waals surface area (Å²) < 4.78 is 9.92. The minimum atomic E-state index is -0.716. The van der Waals surface area contributed by atoms with Gasteiger partial charge in [0.05, 0.1) is 4.92 Å². The molecular formula is C13H14N4O5. The molecule has 0 fully saturated rings. The van der Waals surface area contributed by atoms with Crippen LogP contribution in [0.3, 0.4) is 0 Å². The number of aromatic nitrogens is 2. The van der Waals surface area contributed by atoms with Crippen LogP contribution in [0.4, 0.5) is 16.5 Å². The fourth-order valence-corrected chi connectivity index (χ4v) is 1.51. The number of hydrogen-bond donors (Lipinski definition) is 1. The van der Waals surface area contributed by atoms with Gasteiger partial charge in [-0.25, -0.2) is 10.1 Å². The van der Waals surface area contributed by atoms with Crippen molar-refractivity contribution in [2.24, 2.45) is 0 Å². The van der Waals surface area contributed by atoms with Crippen molar-refractivity contribution < 1.29 is 19.0 Å². The zero-order valence-electron chi connectivity index (χ0n) is 12.2. The maximum Gasteiger partial charge on any atom is 0.415 e. The van der Waals surface area contributed by atoms with Crippen molar-refractivity contribution in [2.45, 2.75) is 26.4 Å². The van der Waals surface area contributed by atoms with Crippen molar-refractivity contribution in [1.29, 1.82) is 0 Å². The first-order valence-corrected chi connectivity index (χ1v) is 6.33. The molecule has 0 aliphatic heterocycles. The topological polar surface area (TPSA) is 120 Å². The summed E-state index contributed by atoms with van der Waals surface area (Å²) in [6.07, 6.45) is -0.716. The molecular weight excluding hydrogens is 292 g/mol. The van der Waals surface area contributed by atoms with E-state index in [9.17, 15) is 14.9 Å². The Hall–Kier alpha value is -2.97. The van der Waals surface area contributed by atoms with Gasteiger partial charge in [0.1, 0.15) is 5.60 Å². The average molecular weight is 306 g/mol. The zero-order chi connectivity index (χ0) is 16.3. The molecule has 1 N–H and O–H groups in total. The number of carbonyl (C=O) groups excluding carboxylic acids is 1. The quantitative estimate of drug-likeness (QED) is 0.683. The second kappa shape index (κ2) is 5.80. The molecule has 0 radical (unpaired) electrons. The third kappa shape index (κ3) is 4.01. The van der Waals surface area contributed by atoms with Gasteiger partial charge >= 0.3 is 12.1 Å². The Labute approximate surface area is 125 Å². The van der Waals surface area contributed by atoms with Crippen molar-refractivity contribution in [3.8, 4) is 11.4 Å². The van der Waals surface area contributed by atoms with Crippen LogP contribution in [-0.4, -0.2) is 26.8 Å². The molecule has 0 bridgehead atoms. The molecule has 0 atom stereocenters. The third-order valence-corrected chi connectivity index (χ3v) is 2.37. The molecule has 116 valence electrons. The van der Waals surface area contributed by atoms with E-state index in [2.05, 4.69) is 15.5 Å². The lowest BCUT2D eigenvalue weighted by atomic mass is 10.2.